The van der Waals surface area contributed by atoms with Gasteiger partial charge in [0.15, 0.2) is 0 Å². The fourth-order valence-corrected chi connectivity index (χ4v) is 5.38. The third-order valence-electron chi connectivity index (χ3n) is 5.25. The van der Waals surface area contributed by atoms with Crippen LogP contribution in [-0.4, -0.2) is 35.8 Å². The molecule has 3 rings (SSSR count). The predicted octanol–water partition coefficient (Wildman–Crippen LogP) is 5.23. The molecule has 26 heavy (non-hydrogen) atoms. The van der Waals surface area contributed by atoms with Crippen LogP contribution in [0.3, 0.4) is 0 Å². The van der Waals surface area contributed by atoms with E-state index >= 15 is 0 Å². The number of likely N-dealkylation sites (tertiary alicyclic amines) is 1. The molecule has 4 nitrogen and oxygen atoms in total. The van der Waals surface area contributed by atoms with Gasteiger partial charge in [0.05, 0.1) is 6.61 Å². The summed E-state index contributed by atoms with van der Waals surface area (Å²) in [4.78, 5) is 17.2. The summed E-state index contributed by atoms with van der Waals surface area (Å²) < 4.78 is 12.0. The fraction of sp³-hybridized carbons (Fsp3) is 0.762. The van der Waals surface area contributed by atoms with Gasteiger partial charge in [-0.2, -0.15) is 0 Å². The van der Waals surface area contributed by atoms with E-state index in [1.807, 2.05) is 37.0 Å². The Labute approximate surface area is 161 Å². The van der Waals surface area contributed by atoms with Crippen LogP contribution in [0.25, 0.3) is 0 Å². The molecule has 0 aliphatic carbocycles. The second-order valence-electron chi connectivity index (χ2n) is 9.78. The van der Waals surface area contributed by atoms with Crippen LogP contribution in [-0.2, 0) is 26.9 Å². The molecular weight excluding hydrogens is 346 g/mol. The van der Waals surface area contributed by atoms with Gasteiger partial charge in [0, 0.05) is 28.8 Å². The lowest BCUT2D eigenvalue weighted by atomic mass is 9.82. The van der Waals surface area contributed by atoms with E-state index < -0.39 is 5.60 Å². The van der Waals surface area contributed by atoms with Crippen molar-refractivity contribution < 1.29 is 14.3 Å². The molecule has 3 heterocycles. The minimum absolute atomic E-state index is 0.102. The number of carbonyl (C=O) groups excluding carboxylic acids is 1. The quantitative estimate of drug-likeness (QED) is 0.619. The molecule has 2 aliphatic heterocycles. The summed E-state index contributed by atoms with van der Waals surface area (Å²) in [6, 6.07) is 2.49. The van der Waals surface area contributed by atoms with Crippen molar-refractivity contribution in [3.8, 4) is 0 Å². The predicted molar refractivity (Wildman–Crippen MR) is 106 cm³/mol. The highest BCUT2D eigenvalue weighted by molar-refractivity contribution is 7.12. The van der Waals surface area contributed by atoms with Crippen molar-refractivity contribution in [2.75, 3.05) is 13.2 Å². The third kappa shape index (κ3) is 3.79. The first-order valence-electron chi connectivity index (χ1n) is 9.69. The molecule has 0 saturated carbocycles. The first-order valence-corrected chi connectivity index (χ1v) is 10.5. The standard InChI is InChI=1S/C21H33NO3S/c1-14-13-21(9-10-22(14)18(23)25-20(5,6)7)17-15(8-11-24-21)12-16(26-17)19(2,3)4/h12,14H,8-11,13H2,1-7H3/t14-,21+/m0/s1. The first kappa shape index (κ1) is 19.7. The van der Waals surface area contributed by atoms with Crippen LogP contribution in [0.4, 0.5) is 4.79 Å². The number of carbonyl (C=O) groups is 1. The summed E-state index contributed by atoms with van der Waals surface area (Å²) in [5.41, 5.74) is 0.908. The van der Waals surface area contributed by atoms with Gasteiger partial charge in [-0.1, -0.05) is 20.8 Å². The van der Waals surface area contributed by atoms with Crippen LogP contribution >= 0.6 is 11.3 Å². The molecule has 1 saturated heterocycles. The van der Waals surface area contributed by atoms with E-state index in [2.05, 4.69) is 33.8 Å². The number of hydrogen-bond acceptors (Lipinski definition) is 4. The van der Waals surface area contributed by atoms with Crippen molar-refractivity contribution >= 4 is 17.4 Å². The molecule has 2 aliphatic rings. The number of hydrogen-bond donors (Lipinski definition) is 0. The van der Waals surface area contributed by atoms with Crippen LogP contribution in [0.1, 0.15) is 76.6 Å². The summed E-state index contributed by atoms with van der Waals surface area (Å²) in [5.74, 6) is 0. The molecule has 0 bridgehead atoms. The Morgan fingerprint density at radius 1 is 1.31 bits per heavy atom. The van der Waals surface area contributed by atoms with Crippen LogP contribution < -0.4 is 0 Å². The van der Waals surface area contributed by atoms with Gasteiger partial charge >= 0.3 is 6.09 Å². The maximum atomic E-state index is 12.5. The average Bonchev–Trinajstić information content (AvgIpc) is 2.91. The number of amides is 1. The van der Waals surface area contributed by atoms with Crippen molar-refractivity contribution in [2.45, 2.75) is 90.4 Å². The van der Waals surface area contributed by atoms with E-state index in [4.69, 9.17) is 9.47 Å². The zero-order chi connectivity index (χ0) is 19.3. The number of nitrogens with zero attached hydrogens (tertiary/aromatic N) is 1. The van der Waals surface area contributed by atoms with Gasteiger partial charge in [-0.3, -0.25) is 0 Å². The van der Waals surface area contributed by atoms with Gasteiger partial charge in [0.2, 0.25) is 0 Å². The summed E-state index contributed by atoms with van der Waals surface area (Å²) >= 11 is 1.91. The topological polar surface area (TPSA) is 38.8 Å². The molecule has 0 aromatic carbocycles. The average molecular weight is 380 g/mol. The lowest BCUT2D eigenvalue weighted by Gasteiger charge is -2.46. The lowest BCUT2D eigenvalue weighted by molar-refractivity contribution is -0.108. The zero-order valence-corrected chi connectivity index (χ0v) is 18.1. The maximum absolute atomic E-state index is 12.5. The molecule has 0 radical (unpaired) electrons. The molecule has 2 atom stereocenters. The molecule has 5 heteroatoms. The van der Waals surface area contributed by atoms with Crippen LogP contribution in [0.5, 0.6) is 0 Å². The molecule has 0 unspecified atom stereocenters. The molecule has 1 fully saturated rings. The number of fused-ring (bicyclic) bond motifs is 2. The summed E-state index contributed by atoms with van der Waals surface area (Å²) in [5, 5.41) is 0. The highest BCUT2D eigenvalue weighted by Gasteiger charge is 2.46. The Morgan fingerprint density at radius 2 is 2.00 bits per heavy atom. The minimum Gasteiger partial charge on any atom is -0.444 e. The van der Waals surface area contributed by atoms with Crippen molar-refractivity contribution in [3.05, 3.63) is 21.4 Å². The lowest BCUT2D eigenvalue weighted by Crippen LogP contribution is -2.53. The fourth-order valence-electron chi connectivity index (χ4n) is 3.93. The number of piperidine rings is 1. The third-order valence-corrected chi connectivity index (χ3v) is 7.04. The summed E-state index contributed by atoms with van der Waals surface area (Å²) in [7, 11) is 0. The zero-order valence-electron chi connectivity index (χ0n) is 17.3. The monoisotopic (exact) mass is 379 g/mol. The second kappa shape index (κ2) is 6.52. The smallest absolute Gasteiger partial charge is 0.410 e. The number of rotatable bonds is 0. The van der Waals surface area contributed by atoms with Crippen LogP contribution in [0.2, 0.25) is 0 Å². The van der Waals surface area contributed by atoms with Crippen molar-refractivity contribution in [2.24, 2.45) is 0 Å². The van der Waals surface area contributed by atoms with Crippen molar-refractivity contribution in [1.29, 1.82) is 0 Å². The van der Waals surface area contributed by atoms with E-state index in [0.717, 1.165) is 25.9 Å². The highest BCUT2D eigenvalue weighted by Crippen LogP contribution is 2.48. The molecule has 146 valence electrons. The molecular formula is C21H33NO3S. The van der Waals surface area contributed by atoms with Gasteiger partial charge in [0.1, 0.15) is 11.2 Å². The van der Waals surface area contributed by atoms with Gasteiger partial charge in [0.25, 0.3) is 0 Å². The Bertz CT molecular complexity index is 682. The van der Waals surface area contributed by atoms with E-state index in [0.29, 0.717) is 6.54 Å². The van der Waals surface area contributed by atoms with E-state index in [1.165, 1.54) is 15.3 Å². The summed E-state index contributed by atoms with van der Waals surface area (Å²) in [6.45, 7) is 16.1. The van der Waals surface area contributed by atoms with Gasteiger partial charge < -0.3 is 14.4 Å². The minimum atomic E-state index is -0.462. The van der Waals surface area contributed by atoms with Gasteiger partial charge in [-0.05, 0) is 57.6 Å². The SMILES string of the molecule is C[C@H]1C[C@@]2(CCN1C(=O)OC(C)(C)C)OCCc1cc(C(C)(C)C)sc12. The summed E-state index contributed by atoms with van der Waals surface area (Å²) in [6.07, 6.45) is 2.46. The largest absolute Gasteiger partial charge is 0.444 e. The Kier molecular flexibility index (Phi) is 4.94. The van der Waals surface area contributed by atoms with E-state index in [1.54, 1.807) is 0 Å². The van der Waals surface area contributed by atoms with Gasteiger partial charge in [-0.15, -0.1) is 11.3 Å². The van der Waals surface area contributed by atoms with Gasteiger partial charge in [-0.25, -0.2) is 4.79 Å². The maximum Gasteiger partial charge on any atom is 0.410 e. The molecule has 1 spiro atoms. The molecule has 1 amide bonds. The molecule has 1 aromatic rings. The van der Waals surface area contributed by atoms with E-state index in [9.17, 15) is 4.79 Å². The molecule has 1 aromatic heterocycles. The van der Waals surface area contributed by atoms with Crippen LogP contribution in [0, 0.1) is 0 Å². The van der Waals surface area contributed by atoms with Crippen LogP contribution in [0.15, 0.2) is 6.07 Å². The second-order valence-corrected chi connectivity index (χ2v) is 10.8. The normalized spacial score (nSPS) is 26.7. The molecule has 0 N–H and O–H groups in total. The number of ether oxygens (including phenoxy) is 2. The Balaban J connectivity index is 1.82. The van der Waals surface area contributed by atoms with Crippen molar-refractivity contribution in [3.63, 3.8) is 0 Å². The van der Waals surface area contributed by atoms with Crippen molar-refractivity contribution in [1.82, 2.24) is 4.90 Å². The number of thiophene rings is 1. The highest BCUT2D eigenvalue weighted by atomic mass is 32.1. The Hall–Kier alpha value is -1.07. The first-order chi connectivity index (χ1) is 11.9. The van der Waals surface area contributed by atoms with E-state index in [-0.39, 0.29) is 23.2 Å². The Morgan fingerprint density at radius 3 is 2.58 bits per heavy atom.